The van der Waals surface area contributed by atoms with Crippen LogP contribution in [-0.4, -0.2) is 48.8 Å². The fourth-order valence-electron chi connectivity index (χ4n) is 3.48. The first-order valence-corrected chi connectivity index (χ1v) is 11.8. The molecule has 0 amide bonds. The van der Waals surface area contributed by atoms with E-state index in [4.69, 9.17) is 23.7 Å². The van der Waals surface area contributed by atoms with Gasteiger partial charge in [0.15, 0.2) is 23.0 Å². The maximum absolute atomic E-state index is 13.0. The van der Waals surface area contributed by atoms with Crippen molar-refractivity contribution in [2.45, 2.75) is 59.9 Å². The Balaban J connectivity index is 2.03. The van der Waals surface area contributed by atoms with Crippen LogP contribution in [0.5, 0.6) is 11.5 Å². The van der Waals surface area contributed by atoms with E-state index in [1.165, 1.54) is 26.3 Å². The second kappa shape index (κ2) is 14.2. The average Bonchev–Trinajstić information content (AvgIpc) is 2.85. The van der Waals surface area contributed by atoms with Crippen LogP contribution in [-0.2, 0) is 30.4 Å². The highest BCUT2D eigenvalue weighted by Gasteiger charge is 2.30. The molecular weight excluding hydrogens is 466 g/mol. The van der Waals surface area contributed by atoms with Crippen LogP contribution >= 0.6 is 0 Å². The lowest BCUT2D eigenvalue weighted by Gasteiger charge is -2.28. The van der Waals surface area contributed by atoms with E-state index in [-0.39, 0.29) is 35.6 Å². The first kappa shape index (κ1) is 28.8. The van der Waals surface area contributed by atoms with Crippen LogP contribution in [0.1, 0.15) is 57.1 Å². The Morgan fingerprint density at radius 1 is 1.00 bits per heavy atom. The Bertz CT molecular complexity index is 1010. The monoisotopic (exact) mass is 501 g/mol. The van der Waals surface area contributed by atoms with E-state index in [2.05, 4.69) is 4.98 Å². The lowest BCUT2D eigenvalue weighted by atomic mass is 10.00. The SMILES string of the molecule is COc1ccnc(C(=O)C[C@@H](C)C(=O)O[C@H](C(C)C)[C@H](C)OCc2ccccc2)c1OCOC(C)=O. The molecule has 0 bridgehead atoms. The summed E-state index contributed by atoms with van der Waals surface area (Å²) in [7, 11) is 1.41. The fourth-order valence-corrected chi connectivity index (χ4v) is 3.48. The van der Waals surface area contributed by atoms with Gasteiger partial charge in [0.25, 0.3) is 0 Å². The van der Waals surface area contributed by atoms with Crippen LogP contribution in [0.2, 0.25) is 0 Å². The molecule has 9 heteroatoms. The maximum atomic E-state index is 13.0. The highest BCUT2D eigenvalue weighted by molar-refractivity contribution is 5.99. The van der Waals surface area contributed by atoms with E-state index < -0.39 is 36.5 Å². The number of Topliss-reactive ketones (excluding diaryl/α,β-unsaturated/α-hetero) is 1. The lowest BCUT2D eigenvalue weighted by Crippen LogP contribution is -2.37. The lowest BCUT2D eigenvalue weighted by molar-refractivity contribution is -0.165. The predicted octanol–water partition coefficient (Wildman–Crippen LogP) is 4.37. The molecule has 36 heavy (non-hydrogen) atoms. The van der Waals surface area contributed by atoms with Crippen LogP contribution in [0.15, 0.2) is 42.6 Å². The summed E-state index contributed by atoms with van der Waals surface area (Å²) >= 11 is 0. The second-order valence-electron chi connectivity index (χ2n) is 8.76. The third-order valence-electron chi connectivity index (χ3n) is 5.44. The second-order valence-corrected chi connectivity index (χ2v) is 8.76. The number of aromatic nitrogens is 1. The third kappa shape index (κ3) is 8.64. The quantitative estimate of drug-likeness (QED) is 0.212. The van der Waals surface area contributed by atoms with Crippen molar-refractivity contribution in [3.63, 3.8) is 0 Å². The van der Waals surface area contributed by atoms with E-state index in [0.717, 1.165) is 5.56 Å². The molecule has 0 aliphatic carbocycles. The van der Waals surface area contributed by atoms with Gasteiger partial charge in [-0.2, -0.15) is 0 Å². The van der Waals surface area contributed by atoms with E-state index in [1.807, 2.05) is 51.1 Å². The number of rotatable bonds is 14. The fraction of sp³-hybridized carbons (Fsp3) is 0.481. The van der Waals surface area contributed by atoms with Crippen LogP contribution in [0.25, 0.3) is 0 Å². The number of pyridine rings is 1. The molecular formula is C27H35NO8. The van der Waals surface area contributed by atoms with Crippen molar-refractivity contribution >= 4 is 17.7 Å². The van der Waals surface area contributed by atoms with Crippen molar-refractivity contribution in [2.24, 2.45) is 11.8 Å². The van der Waals surface area contributed by atoms with Crippen LogP contribution < -0.4 is 9.47 Å². The number of carbonyl (C=O) groups is 3. The number of esters is 2. The molecule has 1 aromatic carbocycles. The molecule has 0 fully saturated rings. The van der Waals surface area contributed by atoms with Gasteiger partial charge in [-0.15, -0.1) is 0 Å². The summed E-state index contributed by atoms with van der Waals surface area (Å²) in [6.07, 6.45) is 0.399. The molecule has 196 valence electrons. The molecule has 0 radical (unpaired) electrons. The number of nitrogens with zero attached hydrogens (tertiary/aromatic N) is 1. The summed E-state index contributed by atoms with van der Waals surface area (Å²) in [6.45, 7) is 8.60. The molecule has 2 rings (SSSR count). The van der Waals surface area contributed by atoms with E-state index in [0.29, 0.717) is 6.61 Å². The highest BCUT2D eigenvalue weighted by atomic mass is 16.7. The van der Waals surface area contributed by atoms with Gasteiger partial charge >= 0.3 is 11.9 Å². The van der Waals surface area contributed by atoms with E-state index in [9.17, 15) is 14.4 Å². The Kier molecular flexibility index (Phi) is 11.3. The average molecular weight is 502 g/mol. The van der Waals surface area contributed by atoms with Gasteiger partial charge in [0.05, 0.1) is 25.7 Å². The van der Waals surface area contributed by atoms with Gasteiger partial charge in [0.1, 0.15) is 6.10 Å². The van der Waals surface area contributed by atoms with Gasteiger partial charge < -0.3 is 23.7 Å². The van der Waals surface area contributed by atoms with Crippen molar-refractivity contribution in [1.82, 2.24) is 4.98 Å². The Morgan fingerprint density at radius 3 is 2.31 bits per heavy atom. The number of methoxy groups -OCH3 is 1. The number of ketones is 1. The standard InChI is InChI=1S/C27H35NO8/c1-17(2)25(19(4)33-15-21-10-8-7-9-11-21)36-27(31)18(3)14-22(30)24-26(35-16-34-20(5)29)23(32-6)12-13-28-24/h7-13,17-19,25H,14-16H2,1-6H3/t18-,19+,25-/m1/s1. The molecule has 9 nitrogen and oxygen atoms in total. The molecule has 0 N–H and O–H groups in total. The van der Waals surface area contributed by atoms with Gasteiger partial charge in [0.2, 0.25) is 6.79 Å². The van der Waals surface area contributed by atoms with Gasteiger partial charge in [-0.3, -0.25) is 14.4 Å². The zero-order valence-corrected chi connectivity index (χ0v) is 21.7. The van der Waals surface area contributed by atoms with Crippen molar-refractivity contribution in [3.8, 4) is 11.5 Å². The van der Waals surface area contributed by atoms with Gasteiger partial charge in [-0.1, -0.05) is 51.1 Å². The first-order chi connectivity index (χ1) is 17.1. The van der Waals surface area contributed by atoms with Crippen molar-refractivity contribution in [3.05, 3.63) is 53.9 Å². The number of ether oxygens (including phenoxy) is 5. The normalized spacial score (nSPS) is 13.4. The van der Waals surface area contributed by atoms with Crippen LogP contribution in [0, 0.1) is 11.8 Å². The van der Waals surface area contributed by atoms with Crippen molar-refractivity contribution in [1.29, 1.82) is 0 Å². The summed E-state index contributed by atoms with van der Waals surface area (Å²) in [5.41, 5.74) is 0.996. The summed E-state index contributed by atoms with van der Waals surface area (Å²) in [5.74, 6) is -1.94. The molecule has 2 aromatic rings. The zero-order chi connectivity index (χ0) is 26.7. The molecule has 3 atom stereocenters. The molecule has 0 aliphatic rings. The van der Waals surface area contributed by atoms with E-state index in [1.54, 1.807) is 6.92 Å². The smallest absolute Gasteiger partial charge is 0.309 e. The van der Waals surface area contributed by atoms with Crippen LogP contribution in [0.4, 0.5) is 0 Å². The summed E-state index contributed by atoms with van der Waals surface area (Å²) in [4.78, 5) is 41.1. The molecule has 1 aromatic heterocycles. The minimum Gasteiger partial charge on any atom is -0.493 e. The van der Waals surface area contributed by atoms with Crippen LogP contribution in [0.3, 0.4) is 0 Å². The minimum atomic E-state index is -0.741. The number of hydrogen-bond donors (Lipinski definition) is 0. The number of carbonyl (C=O) groups excluding carboxylic acids is 3. The minimum absolute atomic E-state index is 0.00366. The van der Waals surface area contributed by atoms with Crippen molar-refractivity contribution in [2.75, 3.05) is 13.9 Å². The third-order valence-corrected chi connectivity index (χ3v) is 5.44. The largest absolute Gasteiger partial charge is 0.493 e. The molecule has 0 aliphatic heterocycles. The van der Waals surface area contributed by atoms with Gasteiger partial charge in [-0.25, -0.2) is 4.98 Å². The predicted molar refractivity (Wildman–Crippen MR) is 132 cm³/mol. The molecule has 0 saturated carbocycles. The highest BCUT2D eigenvalue weighted by Crippen LogP contribution is 2.31. The Morgan fingerprint density at radius 2 is 1.69 bits per heavy atom. The zero-order valence-electron chi connectivity index (χ0n) is 21.7. The Hall–Kier alpha value is -3.46. The maximum Gasteiger partial charge on any atom is 0.309 e. The molecule has 0 saturated heterocycles. The molecule has 1 heterocycles. The van der Waals surface area contributed by atoms with Gasteiger partial charge in [-0.05, 0) is 18.4 Å². The Labute approximate surface area is 212 Å². The van der Waals surface area contributed by atoms with E-state index >= 15 is 0 Å². The molecule has 0 unspecified atom stereocenters. The molecule has 0 spiro atoms. The summed E-state index contributed by atoms with van der Waals surface area (Å²) < 4.78 is 27.2. The summed E-state index contributed by atoms with van der Waals surface area (Å²) in [6, 6.07) is 11.3. The van der Waals surface area contributed by atoms with Gasteiger partial charge in [0, 0.05) is 25.6 Å². The summed E-state index contributed by atoms with van der Waals surface area (Å²) in [5, 5.41) is 0. The topological polar surface area (TPSA) is 110 Å². The van der Waals surface area contributed by atoms with Crippen molar-refractivity contribution < 1.29 is 38.1 Å². The first-order valence-electron chi connectivity index (χ1n) is 11.8. The number of hydrogen-bond acceptors (Lipinski definition) is 9. The number of benzene rings is 1.